The number of piperazine rings is 1. The predicted octanol–water partition coefficient (Wildman–Crippen LogP) is 2.36. The van der Waals surface area contributed by atoms with Gasteiger partial charge in [-0.25, -0.2) is 0 Å². The van der Waals surface area contributed by atoms with Gasteiger partial charge in [0, 0.05) is 43.4 Å². The number of hydrogen-bond donors (Lipinski definition) is 2. The van der Waals surface area contributed by atoms with E-state index < -0.39 is 11.8 Å². The minimum Gasteiger partial charge on any atom is -0.395 e. The third kappa shape index (κ3) is 5.30. The van der Waals surface area contributed by atoms with Gasteiger partial charge >= 0.3 is 0 Å². The standard InChI is InChI=1S/C25H25ClN4O4/c26-19-7-8-22(20(16-19)27-21-17-24(33)30(14-15-31)25(21)34)28-10-12-29(13-11-28)23(32)9-6-18-4-2-1-3-5-18/h1-9,16-17,27,31H,10-15H2. The van der Waals surface area contributed by atoms with Crippen molar-refractivity contribution in [1.29, 1.82) is 0 Å². The summed E-state index contributed by atoms with van der Waals surface area (Å²) >= 11 is 6.20. The number of carbonyl (C=O) groups is 3. The van der Waals surface area contributed by atoms with Gasteiger partial charge in [-0.15, -0.1) is 0 Å². The molecule has 34 heavy (non-hydrogen) atoms. The van der Waals surface area contributed by atoms with Gasteiger partial charge in [-0.3, -0.25) is 19.3 Å². The first-order valence-electron chi connectivity index (χ1n) is 11.0. The van der Waals surface area contributed by atoms with Crippen molar-refractivity contribution in [2.75, 3.05) is 49.5 Å². The first kappa shape index (κ1) is 23.5. The normalized spacial score (nSPS) is 16.4. The number of β-amino-alcohol motifs (C(OH)–C–C–N with tert-alkyl or cyclic N) is 1. The van der Waals surface area contributed by atoms with Crippen molar-refractivity contribution in [3.8, 4) is 0 Å². The van der Waals surface area contributed by atoms with E-state index in [0.29, 0.717) is 36.9 Å². The minimum atomic E-state index is -0.495. The molecule has 0 aliphatic carbocycles. The van der Waals surface area contributed by atoms with E-state index >= 15 is 0 Å². The van der Waals surface area contributed by atoms with Crippen molar-refractivity contribution in [2.45, 2.75) is 0 Å². The third-order valence-corrected chi connectivity index (χ3v) is 5.95. The maximum absolute atomic E-state index is 12.6. The number of rotatable bonds is 7. The summed E-state index contributed by atoms with van der Waals surface area (Å²) in [5, 5.41) is 12.6. The van der Waals surface area contributed by atoms with Crippen LogP contribution < -0.4 is 10.2 Å². The number of nitrogens with zero attached hydrogens (tertiary/aromatic N) is 3. The Morgan fingerprint density at radius 1 is 1.06 bits per heavy atom. The molecule has 9 heteroatoms. The monoisotopic (exact) mass is 480 g/mol. The molecule has 4 rings (SSSR count). The van der Waals surface area contributed by atoms with Gasteiger partial charge in [-0.05, 0) is 29.8 Å². The van der Waals surface area contributed by atoms with Crippen molar-refractivity contribution in [3.63, 3.8) is 0 Å². The van der Waals surface area contributed by atoms with Crippen LogP contribution in [0.4, 0.5) is 11.4 Å². The van der Waals surface area contributed by atoms with Gasteiger partial charge in [0.05, 0.1) is 24.5 Å². The number of imide groups is 1. The van der Waals surface area contributed by atoms with Crippen molar-refractivity contribution in [1.82, 2.24) is 9.80 Å². The molecule has 176 valence electrons. The second-order valence-corrected chi connectivity index (χ2v) is 8.36. The van der Waals surface area contributed by atoms with Gasteiger partial charge in [0.1, 0.15) is 5.70 Å². The predicted molar refractivity (Wildman–Crippen MR) is 131 cm³/mol. The molecule has 8 nitrogen and oxygen atoms in total. The van der Waals surface area contributed by atoms with E-state index in [1.165, 1.54) is 6.08 Å². The van der Waals surface area contributed by atoms with Crippen LogP contribution in [0.1, 0.15) is 5.56 Å². The van der Waals surface area contributed by atoms with Gasteiger partial charge in [0.25, 0.3) is 11.8 Å². The summed E-state index contributed by atoms with van der Waals surface area (Å²) in [6.07, 6.45) is 4.62. The smallest absolute Gasteiger partial charge is 0.277 e. The summed E-state index contributed by atoms with van der Waals surface area (Å²) in [4.78, 5) is 42.1. The van der Waals surface area contributed by atoms with E-state index in [-0.39, 0.29) is 24.8 Å². The Hall–Kier alpha value is -3.62. The summed E-state index contributed by atoms with van der Waals surface area (Å²) in [6.45, 7) is 1.93. The lowest BCUT2D eigenvalue weighted by molar-refractivity contribution is -0.137. The van der Waals surface area contributed by atoms with Gasteiger partial charge in [-0.1, -0.05) is 41.9 Å². The molecule has 0 spiro atoms. The molecule has 3 amide bonds. The van der Waals surface area contributed by atoms with Crippen molar-refractivity contribution in [2.24, 2.45) is 0 Å². The van der Waals surface area contributed by atoms with E-state index in [1.807, 2.05) is 42.5 Å². The Kier molecular flexibility index (Phi) is 7.30. The van der Waals surface area contributed by atoms with Crippen LogP contribution >= 0.6 is 11.6 Å². The first-order chi connectivity index (χ1) is 16.5. The molecule has 0 saturated carbocycles. The maximum Gasteiger partial charge on any atom is 0.277 e. The number of amides is 3. The molecule has 0 bridgehead atoms. The van der Waals surface area contributed by atoms with Crippen LogP contribution in [0, 0.1) is 0 Å². The van der Waals surface area contributed by atoms with E-state index in [9.17, 15) is 14.4 Å². The lowest BCUT2D eigenvalue weighted by Crippen LogP contribution is -2.48. The molecule has 2 aliphatic rings. The lowest BCUT2D eigenvalue weighted by atomic mass is 10.2. The molecule has 0 radical (unpaired) electrons. The summed E-state index contributed by atoms with van der Waals surface area (Å²) < 4.78 is 0. The second kappa shape index (κ2) is 10.5. The maximum atomic E-state index is 12.6. The van der Waals surface area contributed by atoms with E-state index in [4.69, 9.17) is 16.7 Å². The molecule has 2 heterocycles. The molecule has 1 fully saturated rings. The molecular weight excluding hydrogens is 456 g/mol. The minimum absolute atomic E-state index is 0.0397. The number of carbonyl (C=O) groups excluding carboxylic acids is 3. The van der Waals surface area contributed by atoms with Gasteiger partial charge in [-0.2, -0.15) is 0 Å². The van der Waals surface area contributed by atoms with Gasteiger partial charge < -0.3 is 20.2 Å². The van der Waals surface area contributed by atoms with Crippen molar-refractivity contribution < 1.29 is 19.5 Å². The van der Waals surface area contributed by atoms with Gasteiger partial charge in [0.2, 0.25) is 5.91 Å². The zero-order chi connectivity index (χ0) is 24.1. The number of hydrogen-bond acceptors (Lipinski definition) is 6. The molecular formula is C25H25ClN4O4. The molecule has 1 saturated heterocycles. The lowest BCUT2D eigenvalue weighted by Gasteiger charge is -2.36. The topological polar surface area (TPSA) is 93.2 Å². The van der Waals surface area contributed by atoms with E-state index in [0.717, 1.165) is 16.2 Å². The number of nitrogens with one attached hydrogen (secondary N) is 1. The van der Waals surface area contributed by atoms with E-state index in [2.05, 4.69) is 10.2 Å². The fraction of sp³-hybridized carbons (Fsp3) is 0.240. The van der Waals surface area contributed by atoms with Crippen LogP contribution in [0.3, 0.4) is 0 Å². The van der Waals surface area contributed by atoms with Crippen LogP contribution in [0.15, 0.2) is 66.4 Å². The number of anilines is 2. The Bertz CT molecular complexity index is 1140. The Balaban J connectivity index is 1.42. The highest BCUT2D eigenvalue weighted by atomic mass is 35.5. The van der Waals surface area contributed by atoms with Crippen LogP contribution in [-0.2, 0) is 14.4 Å². The average molecular weight is 481 g/mol. The average Bonchev–Trinajstić information content (AvgIpc) is 3.11. The second-order valence-electron chi connectivity index (χ2n) is 7.92. The highest BCUT2D eigenvalue weighted by Crippen LogP contribution is 2.32. The number of aliphatic hydroxyl groups is 1. The van der Waals surface area contributed by atoms with Crippen molar-refractivity contribution >= 4 is 46.8 Å². The molecule has 0 aromatic heterocycles. The quantitative estimate of drug-likeness (QED) is 0.467. The Morgan fingerprint density at radius 2 is 1.79 bits per heavy atom. The highest BCUT2D eigenvalue weighted by molar-refractivity contribution is 6.31. The number of halogens is 1. The number of benzene rings is 2. The van der Waals surface area contributed by atoms with Crippen LogP contribution in [-0.4, -0.2) is 72.0 Å². The van der Waals surface area contributed by atoms with E-state index in [1.54, 1.807) is 23.1 Å². The third-order valence-electron chi connectivity index (χ3n) is 5.71. The largest absolute Gasteiger partial charge is 0.395 e. The first-order valence-corrected chi connectivity index (χ1v) is 11.4. The molecule has 0 atom stereocenters. The van der Waals surface area contributed by atoms with Gasteiger partial charge in [0.15, 0.2) is 0 Å². The highest BCUT2D eigenvalue weighted by Gasteiger charge is 2.31. The fourth-order valence-electron chi connectivity index (χ4n) is 3.94. The molecule has 2 aromatic rings. The molecule has 2 aliphatic heterocycles. The zero-order valence-electron chi connectivity index (χ0n) is 18.5. The van der Waals surface area contributed by atoms with Crippen LogP contribution in [0.2, 0.25) is 5.02 Å². The summed E-state index contributed by atoms with van der Waals surface area (Å²) in [5.74, 6) is -1.01. The van der Waals surface area contributed by atoms with Crippen LogP contribution in [0.5, 0.6) is 0 Å². The summed E-state index contributed by atoms with van der Waals surface area (Å²) in [7, 11) is 0. The zero-order valence-corrected chi connectivity index (χ0v) is 19.2. The fourth-order valence-corrected chi connectivity index (χ4v) is 4.12. The molecule has 2 N–H and O–H groups in total. The van der Waals surface area contributed by atoms with Crippen LogP contribution in [0.25, 0.3) is 6.08 Å². The summed E-state index contributed by atoms with van der Waals surface area (Å²) in [6, 6.07) is 15.0. The Labute approximate surface area is 202 Å². The summed E-state index contributed by atoms with van der Waals surface area (Å²) in [5.41, 5.74) is 2.51. The SMILES string of the molecule is O=C(C=Cc1ccccc1)N1CCN(c2ccc(Cl)cc2NC2=CC(=O)N(CCO)C2=O)CC1. The molecule has 0 unspecified atom stereocenters. The Morgan fingerprint density at radius 3 is 2.50 bits per heavy atom. The van der Waals surface area contributed by atoms with Crippen molar-refractivity contribution in [3.05, 3.63) is 77.0 Å². The molecule has 2 aromatic carbocycles. The number of aliphatic hydroxyl groups excluding tert-OH is 1.